The Hall–Kier alpha value is -3.82. The molecule has 0 saturated carbocycles. The summed E-state index contributed by atoms with van der Waals surface area (Å²) in [5.41, 5.74) is 0. The standard InChI is InChI=1S/C22H30O10/c1-27-17(21(23)24)11-7-9-15(13-19(29-3)30-4)16(14-20(31-5)32-6)10-8-12-18(28-2)22(25)26/h7-16H,1-6H3,(H,23,24)(H,25,26). The van der Waals surface area contributed by atoms with E-state index in [-0.39, 0.29) is 23.4 Å². The van der Waals surface area contributed by atoms with Crippen LogP contribution in [-0.4, -0.2) is 64.8 Å². The predicted octanol–water partition coefficient (Wildman–Crippen LogP) is 2.83. The fourth-order valence-electron chi connectivity index (χ4n) is 2.34. The van der Waals surface area contributed by atoms with Gasteiger partial charge in [0.25, 0.3) is 11.9 Å². The van der Waals surface area contributed by atoms with Gasteiger partial charge in [-0.25, -0.2) is 9.59 Å². The summed E-state index contributed by atoms with van der Waals surface area (Å²) in [5.74, 6) is -3.47. The molecule has 0 radical (unpaired) electrons. The molecule has 0 aliphatic rings. The summed E-state index contributed by atoms with van der Waals surface area (Å²) in [4.78, 5) is 22.2. The molecular formula is C22H30O10. The lowest BCUT2D eigenvalue weighted by Crippen LogP contribution is -2.10. The lowest BCUT2D eigenvalue weighted by Gasteiger charge is -2.17. The molecular weight excluding hydrogens is 424 g/mol. The maximum atomic E-state index is 11.1. The quantitative estimate of drug-likeness (QED) is 0.216. The first kappa shape index (κ1) is 28.2. The van der Waals surface area contributed by atoms with Crippen LogP contribution in [0.15, 0.2) is 72.0 Å². The van der Waals surface area contributed by atoms with Crippen LogP contribution in [0.2, 0.25) is 0 Å². The number of methoxy groups -OCH3 is 6. The molecule has 2 N–H and O–H groups in total. The van der Waals surface area contributed by atoms with Gasteiger partial charge in [-0.3, -0.25) is 0 Å². The van der Waals surface area contributed by atoms with Crippen LogP contribution >= 0.6 is 0 Å². The number of ether oxygens (including phenoxy) is 6. The zero-order chi connectivity index (χ0) is 24.5. The summed E-state index contributed by atoms with van der Waals surface area (Å²) in [5, 5.41) is 18.2. The minimum atomic E-state index is -1.22. The van der Waals surface area contributed by atoms with E-state index >= 15 is 0 Å². The Morgan fingerprint density at radius 1 is 0.594 bits per heavy atom. The highest BCUT2D eigenvalue weighted by Crippen LogP contribution is 2.23. The Morgan fingerprint density at radius 2 is 0.906 bits per heavy atom. The van der Waals surface area contributed by atoms with Gasteiger partial charge in [0.05, 0.1) is 42.7 Å². The summed E-state index contributed by atoms with van der Waals surface area (Å²) in [7, 11) is 8.22. The lowest BCUT2D eigenvalue weighted by molar-refractivity contribution is -0.137. The molecule has 0 rings (SSSR count). The summed E-state index contributed by atoms with van der Waals surface area (Å²) < 4.78 is 30.3. The van der Waals surface area contributed by atoms with Gasteiger partial charge in [0.2, 0.25) is 11.5 Å². The topological polar surface area (TPSA) is 130 Å². The molecule has 0 bridgehead atoms. The number of rotatable bonds is 15. The second kappa shape index (κ2) is 15.9. The van der Waals surface area contributed by atoms with E-state index in [0.29, 0.717) is 0 Å². The van der Waals surface area contributed by atoms with Crippen molar-refractivity contribution in [3.63, 3.8) is 0 Å². The normalized spacial score (nSPS) is 13.7. The van der Waals surface area contributed by atoms with E-state index < -0.39 is 23.8 Å². The van der Waals surface area contributed by atoms with Crippen molar-refractivity contribution in [2.75, 3.05) is 42.7 Å². The van der Waals surface area contributed by atoms with E-state index in [9.17, 15) is 9.59 Å². The number of carboxylic acid groups (broad SMARTS) is 2. The molecule has 10 nitrogen and oxygen atoms in total. The van der Waals surface area contributed by atoms with Crippen LogP contribution < -0.4 is 0 Å². The van der Waals surface area contributed by atoms with Crippen molar-refractivity contribution in [2.24, 2.45) is 11.8 Å². The Kier molecular flexibility index (Phi) is 14.0. The second-order valence-corrected chi connectivity index (χ2v) is 5.79. The van der Waals surface area contributed by atoms with Gasteiger partial charge >= 0.3 is 11.9 Å². The van der Waals surface area contributed by atoms with Crippen LogP contribution in [0, 0.1) is 11.8 Å². The number of carboxylic acids is 2. The third-order valence-electron chi connectivity index (χ3n) is 3.93. The molecule has 0 spiro atoms. The molecule has 2 atom stereocenters. The molecule has 10 heteroatoms. The van der Waals surface area contributed by atoms with Crippen LogP contribution in [-0.2, 0) is 38.0 Å². The number of aliphatic carboxylic acids is 2. The molecule has 0 aromatic rings. The van der Waals surface area contributed by atoms with Gasteiger partial charge in [0.1, 0.15) is 0 Å². The highest BCUT2D eigenvalue weighted by atomic mass is 16.7. The molecule has 0 heterocycles. The maximum Gasteiger partial charge on any atom is 0.371 e. The summed E-state index contributed by atoms with van der Waals surface area (Å²) in [6, 6.07) is 0. The molecule has 0 aromatic carbocycles. The van der Waals surface area contributed by atoms with Crippen LogP contribution in [0.5, 0.6) is 0 Å². The third kappa shape index (κ3) is 10.3. The Balaban J connectivity index is 6.42. The number of hydrogen-bond acceptors (Lipinski definition) is 8. The molecule has 0 aromatic heterocycles. The van der Waals surface area contributed by atoms with E-state index in [2.05, 4.69) is 0 Å². The van der Waals surface area contributed by atoms with Gasteiger partial charge in [0, 0.05) is 24.0 Å². The molecule has 0 amide bonds. The smallest absolute Gasteiger partial charge is 0.371 e. The first-order valence-electron chi connectivity index (χ1n) is 9.18. The third-order valence-corrected chi connectivity index (χ3v) is 3.93. The number of carbonyl (C=O) groups is 2. The van der Waals surface area contributed by atoms with Crippen molar-refractivity contribution in [3.8, 4) is 0 Å². The van der Waals surface area contributed by atoms with Gasteiger partial charge in [-0.1, -0.05) is 24.3 Å². The van der Waals surface area contributed by atoms with Gasteiger partial charge < -0.3 is 38.6 Å². The van der Waals surface area contributed by atoms with E-state index in [1.807, 2.05) is 0 Å². The van der Waals surface area contributed by atoms with Crippen molar-refractivity contribution in [1.29, 1.82) is 0 Å². The molecule has 0 saturated heterocycles. The highest BCUT2D eigenvalue weighted by molar-refractivity contribution is 5.84. The largest absolute Gasteiger partial charge is 0.490 e. The Labute approximate surface area is 187 Å². The maximum absolute atomic E-state index is 11.1. The first-order chi connectivity index (χ1) is 15.3. The average Bonchev–Trinajstić information content (AvgIpc) is 2.78. The number of hydrogen-bond donors (Lipinski definition) is 2. The van der Waals surface area contributed by atoms with Crippen LogP contribution in [0.4, 0.5) is 0 Å². The lowest BCUT2D eigenvalue weighted by atomic mass is 9.90. The second-order valence-electron chi connectivity index (χ2n) is 5.79. The minimum absolute atomic E-state index is 0.204. The van der Waals surface area contributed by atoms with Crippen molar-refractivity contribution in [1.82, 2.24) is 0 Å². The Morgan fingerprint density at radius 3 is 1.12 bits per heavy atom. The summed E-state index contributed by atoms with van der Waals surface area (Å²) in [6.45, 7) is 0. The molecule has 0 aliphatic carbocycles. The SMILES string of the molecule is COC(=CC(C=CC=C(OC)C(=O)O)C(C=CC=C(OC)C(=O)O)C=C(OC)OC)OC. The average molecular weight is 454 g/mol. The van der Waals surface area contributed by atoms with Crippen LogP contribution in [0.1, 0.15) is 0 Å². The highest BCUT2D eigenvalue weighted by Gasteiger charge is 2.17. The molecule has 32 heavy (non-hydrogen) atoms. The van der Waals surface area contributed by atoms with Gasteiger partial charge in [0.15, 0.2) is 0 Å². The fraction of sp³-hybridized carbons (Fsp3) is 0.364. The van der Waals surface area contributed by atoms with Crippen molar-refractivity contribution < 1.29 is 48.2 Å². The predicted molar refractivity (Wildman–Crippen MR) is 115 cm³/mol. The number of allylic oxidation sites excluding steroid dienone is 8. The molecule has 0 aliphatic heterocycles. The van der Waals surface area contributed by atoms with E-state index in [1.54, 1.807) is 24.3 Å². The van der Waals surface area contributed by atoms with E-state index in [1.165, 1.54) is 67.0 Å². The monoisotopic (exact) mass is 454 g/mol. The molecule has 178 valence electrons. The first-order valence-corrected chi connectivity index (χ1v) is 9.18. The Bertz CT molecular complexity index is 709. The van der Waals surface area contributed by atoms with Crippen LogP contribution in [0.3, 0.4) is 0 Å². The zero-order valence-corrected chi connectivity index (χ0v) is 18.9. The van der Waals surface area contributed by atoms with Gasteiger partial charge in [-0.05, 0) is 12.2 Å². The fourth-order valence-corrected chi connectivity index (χ4v) is 2.34. The van der Waals surface area contributed by atoms with Crippen molar-refractivity contribution in [2.45, 2.75) is 0 Å². The van der Waals surface area contributed by atoms with Gasteiger partial charge in [-0.15, -0.1) is 0 Å². The van der Waals surface area contributed by atoms with E-state index in [4.69, 9.17) is 38.6 Å². The zero-order valence-electron chi connectivity index (χ0n) is 18.9. The minimum Gasteiger partial charge on any atom is -0.490 e. The van der Waals surface area contributed by atoms with Crippen molar-refractivity contribution in [3.05, 3.63) is 72.0 Å². The van der Waals surface area contributed by atoms with Crippen molar-refractivity contribution >= 4 is 11.9 Å². The van der Waals surface area contributed by atoms with Crippen LogP contribution in [0.25, 0.3) is 0 Å². The summed E-state index contributed by atoms with van der Waals surface area (Å²) >= 11 is 0. The molecule has 0 fully saturated rings. The van der Waals surface area contributed by atoms with E-state index in [0.717, 1.165) is 0 Å². The molecule has 2 unspecified atom stereocenters. The summed E-state index contributed by atoms with van der Waals surface area (Å²) in [6.07, 6.45) is 12.2. The van der Waals surface area contributed by atoms with Gasteiger partial charge in [-0.2, -0.15) is 0 Å².